The number of hydrogen-bond donors (Lipinski definition) is 1. The van der Waals surface area contributed by atoms with E-state index in [1.54, 1.807) is 0 Å². The van der Waals surface area contributed by atoms with Gasteiger partial charge in [-0.15, -0.1) is 0 Å². The van der Waals surface area contributed by atoms with E-state index in [1.807, 2.05) is 18.7 Å². The van der Waals surface area contributed by atoms with Gasteiger partial charge in [0.05, 0.1) is 6.33 Å². The SMILES string of the molecule is CC1(C)CCCC1NCCCn1ccnc1. The predicted octanol–water partition coefficient (Wildman–Crippen LogP) is 2.44. The summed E-state index contributed by atoms with van der Waals surface area (Å²) in [4.78, 5) is 4.04. The molecule has 0 amide bonds. The van der Waals surface area contributed by atoms with Gasteiger partial charge in [0.2, 0.25) is 0 Å². The highest BCUT2D eigenvalue weighted by atomic mass is 15.0. The molecular weight excluding hydrogens is 198 g/mol. The van der Waals surface area contributed by atoms with Crippen molar-refractivity contribution in [3.63, 3.8) is 0 Å². The Kier molecular flexibility index (Phi) is 3.64. The van der Waals surface area contributed by atoms with Gasteiger partial charge in [0.15, 0.2) is 0 Å². The van der Waals surface area contributed by atoms with Crippen LogP contribution in [-0.4, -0.2) is 22.1 Å². The predicted molar refractivity (Wildman–Crippen MR) is 66.3 cm³/mol. The van der Waals surface area contributed by atoms with Crippen molar-refractivity contribution in [1.29, 1.82) is 0 Å². The first-order valence-corrected chi connectivity index (χ1v) is 6.38. The largest absolute Gasteiger partial charge is 0.337 e. The third-order valence-electron chi connectivity index (χ3n) is 3.80. The van der Waals surface area contributed by atoms with E-state index < -0.39 is 0 Å². The molecule has 1 saturated carbocycles. The minimum Gasteiger partial charge on any atom is -0.337 e. The lowest BCUT2D eigenvalue weighted by Gasteiger charge is -2.28. The minimum absolute atomic E-state index is 0.495. The average Bonchev–Trinajstić information content (AvgIpc) is 2.83. The maximum Gasteiger partial charge on any atom is 0.0945 e. The minimum atomic E-state index is 0.495. The van der Waals surface area contributed by atoms with E-state index in [2.05, 4.69) is 28.7 Å². The van der Waals surface area contributed by atoms with Crippen LogP contribution in [0.1, 0.15) is 39.5 Å². The van der Waals surface area contributed by atoms with E-state index in [0.29, 0.717) is 5.41 Å². The topological polar surface area (TPSA) is 29.9 Å². The maximum absolute atomic E-state index is 4.04. The number of rotatable bonds is 5. The second-order valence-electron chi connectivity index (χ2n) is 5.54. The summed E-state index contributed by atoms with van der Waals surface area (Å²) >= 11 is 0. The average molecular weight is 221 g/mol. The van der Waals surface area contributed by atoms with Gasteiger partial charge in [0.1, 0.15) is 0 Å². The Labute approximate surface area is 98.3 Å². The van der Waals surface area contributed by atoms with E-state index in [1.165, 1.54) is 25.7 Å². The van der Waals surface area contributed by atoms with Crippen LogP contribution in [0.2, 0.25) is 0 Å². The van der Waals surface area contributed by atoms with Gasteiger partial charge in [-0.1, -0.05) is 20.3 Å². The number of aromatic nitrogens is 2. The third kappa shape index (κ3) is 2.85. The zero-order chi connectivity index (χ0) is 11.4. The number of imidazole rings is 1. The van der Waals surface area contributed by atoms with E-state index in [-0.39, 0.29) is 0 Å². The number of hydrogen-bond acceptors (Lipinski definition) is 2. The van der Waals surface area contributed by atoms with Crippen LogP contribution in [0.25, 0.3) is 0 Å². The zero-order valence-corrected chi connectivity index (χ0v) is 10.4. The second-order valence-corrected chi connectivity index (χ2v) is 5.54. The van der Waals surface area contributed by atoms with Crippen molar-refractivity contribution >= 4 is 0 Å². The lowest BCUT2D eigenvalue weighted by atomic mass is 9.87. The van der Waals surface area contributed by atoms with E-state index in [0.717, 1.165) is 19.1 Å². The molecule has 16 heavy (non-hydrogen) atoms. The first kappa shape index (κ1) is 11.6. The normalized spacial score (nSPS) is 23.8. The van der Waals surface area contributed by atoms with Crippen molar-refractivity contribution in [3.05, 3.63) is 18.7 Å². The molecule has 0 aliphatic heterocycles. The fraction of sp³-hybridized carbons (Fsp3) is 0.769. The summed E-state index contributed by atoms with van der Waals surface area (Å²) in [7, 11) is 0. The molecule has 0 aromatic carbocycles. The molecule has 2 rings (SSSR count). The maximum atomic E-state index is 4.04. The van der Waals surface area contributed by atoms with E-state index in [4.69, 9.17) is 0 Å². The molecule has 0 bridgehead atoms. The highest BCUT2D eigenvalue weighted by molar-refractivity contribution is 4.89. The van der Waals surface area contributed by atoms with Crippen LogP contribution in [0.15, 0.2) is 18.7 Å². The fourth-order valence-corrected chi connectivity index (χ4v) is 2.66. The molecule has 1 heterocycles. The highest BCUT2D eigenvalue weighted by Gasteiger charge is 2.33. The smallest absolute Gasteiger partial charge is 0.0945 e. The van der Waals surface area contributed by atoms with Crippen molar-refractivity contribution < 1.29 is 0 Å². The van der Waals surface area contributed by atoms with Gasteiger partial charge in [-0.25, -0.2) is 4.98 Å². The van der Waals surface area contributed by atoms with Gasteiger partial charge in [-0.3, -0.25) is 0 Å². The molecule has 1 aromatic rings. The summed E-state index contributed by atoms with van der Waals surface area (Å²) in [5.74, 6) is 0. The van der Waals surface area contributed by atoms with Crippen molar-refractivity contribution in [1.82, 2.24) is 14.9 Å². The van der Waals surface area contributed by atoms with Gasteiger partial charge in [-0.05, 0) is 31.2 Å². The Morgan fingerprint density at radius 3 is 3.00 bits per heavy atom. The molecule has 0 radical (unpaired) electrons. The quantitative estimate of drug-likeness (QED) is 0.774. The molecule has 3 nitrogen and oxygen atoms in total. The van der Waals surface area contributed by atoms with Crippen LogP contribution >= 0.6 is 0 Å². The van der Waals surface area contributed by atoms with E-state index >= 15 is 0 Å². The number of aryl methyl sites for hydroxylation is 1. The summed E-state index contributed by atoms with van der Waals surface area (Å²) in [5, 5.41) is 3.70. The Balaban J connectivity index is 1.65. The molecule has 3 heteroatoms. The fourth-order valence-electron chi connectivity index (χ4n) is 2.66. The van der Waals surface area contributed by atoms with Crippen LogP contribution in [0.5, 0.6) is 0 Å². The molecule has 1 N–H and O–H groups in total. The van der Waals surface area contributed by atoms with Crippen molar-refractivity contribution in [3.8, 4) is 0 Å². The van der Waals surface area contributed by atoms with Gasteiger partial charge in [0.25, 0.3) is 0 Å². The monoisotopic (exact) mass is 221 g/mol. The summed E-state index contributed by atoms with van der Waals surface area (Å²) in [5.41, 5.74) is 0.495. The molecule has 1 aliphatic rings. The van der Waals surface area contributed by atoms with Crippen molar-refractivity contribution in [2.24, 2.45) is 5.41 Å². The standard InChI is InChI=1S/C13H23N3/c1-13(2)6-3-5-12(13)15-7-4-9-16-10-8-14-11-16/h8,10-12,15H,3-7,9H2,1-2H3. The van der Waals surface area contributed by atoms with Gasteiger partial charge >= 0.3 is 0 Å². The van der Waals surface area contributed by atoms with Crippen LogP contribution in [0.4, 0.5) is 0 Å². The molecule has 90 valence electrons. The molecular formula is C13H23N3. The van der Waals surface area contributed by atoms with Crippen LogP contribution in [0, 0.1) is 5.41 Å². The molecule has 1 unspecified atom stereocenters. The first-order chi connectivity index (χ1) is 7.68. The lowest BCUT2D eigenvalue weighted by molar-refractivity contribution is 0.282. The Bertz CT molecular complexity index is 303. The summed E-state index contributed by atoms with van der Waals surface area (Å²) in [6.45, 7) is 6.95. The summed E-state index contributed by atoms with van der Waals surface area (Å²) in [6, 6.07) is 0.718. The summed E-state index contributed by atoms with van der Waals surface area (Å²) < 4.78 is 2.14. The van der Waals surface area contributed by atoms with Gasteiger partial charge < -0.3 is 9.88 Å². The van der Waals surface area contributed by atoms with Crippen molar-refractivity contribution in [2.45, 2.75) is 52.1 Å². The highest BCUT2D eigenvalue weighted by Crippen LogP contribution is 2.36. The summed E-state index contributed by atoms with van der Waals surface area (Å²) in [6.07, 6.45) is 11.0. The molecule has 1 fully saturated rings. The lowest BCUT2D eigenvalue weighted by Crippen LogP contribution is -2.38. The molecule has 1 aliphatic carbocycles. The Morgan fingerprint density at radius 1 is 1.50 bits per heavy atom. The second kappa shape index (κ2) is 5.00. The number of nitrogens with zero attached hydrogens (tertiary/aromatic N) is 2. The van der Waals surface area contributed by atoms with Crippen LogP contribution in [0.3, 0.4) is 0 Å². The Morgan fingerprint density at radius 2 is 2.38 bits per heavy atom. The number of nitrogens with one attached hydrogen (secondary N) is 1. The third-order valence-corrected chi connectivity index (χ3v) is 3.80. The van der Waals surface area contributed by atoms with Crippen LogP contribution < -0.4 is 5.32 Å². The first-order valence-electron chi connectivity index (χ1n) is 6.38. The van der Waals surface area contributed by atoms with Crippen LogP contribution in [-0.2, 0) is 6.54 Å². The van der Waals surface area contributed by atoms with Crippen molar-refractivity contribution in [2.75, 3.05) is 6.54 Å². The Hall–Kier alpha value is -0.830. The van der Waals surface area contributed by atoms with E-state index in [9.17, 15) is 0 Å². The molecule has 0 saturated heterocycles. The zero-order valence-electron chi connectivity index (χ0n) is 10.4. The van der Waals surface area contributed by atoms with Gasteiger partial charge in [-0.2, -0.15) is 0 Å². The molecule has 1 aromatic heterocycles. The van der Waals surface area contributed by atoms with Gasteiger partial charge in [0, 0.05) is 25.0 Å². The molecule has 0 spiro atoms. The molecule has 1 atom stereocenters.